The predicted molar refractivity (Wildman–Crippen MR) is 81.1 cm³/mol. The maximum Gasteiger partial charge on any atom is 0.297 e. The van der Waals surface area contributed by atoms with Gasteiger partial charge in [0, 0.05) is 10.2 Å². The van der Waals surface area contributed by atoms with Crippen LogP contribution in [0, 0.1) is 6.92 Å². The summed E-state index contributed by atoms with van der Waals surface area (Å²) in [5.41, 5.74) is 1.69. The SMILES string of the molecule is Cc1cc(Br)ccc1NC(=O)c1noc(C2CCCN2)n1. The summed E-state index contributed by atoms with van der Waals surface area (Å²) in [7, 11) is 0. The van der Waals surface area contributed by atoms with Crippen molar-refractivity contribution in [3.05, 3.63) is 40.0 Å². The van der Waals surface area contributed by atoms with Crippen molar-refractivity contribution in [3.63, 3.8) is 0 Å². The number of nitrogens with one attached hydrogen (secondary N) is 2. The van der Waals surface area contributed by atoms with Crippen molar-refractivity contribution in [1.29, 1.82) is 0 Å². The van der Waals surface area contributed by atoms with Gasteiger partial charge in [0.15, 0.2) is 0 Å². The van der Waals surface area contributed by atoms with Gasteiger partial charge in [-0.1, -0.05) is 21.1 Å². The van der Waals surface area contributed by atoms with Crippen LogP contribution in [0.25, 0.3) is 0 Å². The highest BCUT2D eigenvalue weighted by Crippen LogP contribution is 2.22. The number of hydrogen-bond acceptors (Lipinski definition) is 5. The Bertz CT molecular complexity index is 665. The molecule has 1 amide bonds. The largest absolute Gasteiger partial charge is 0.337 e. The molecule has 7 heteroatoms. The van der Waals surface area contributed by atoms with Gasteiger partial charge in [-0.2, -0.15) is 4.98 Å². The molecule has 2 aromatic rings. The van der Waals surface area contributed by atoms with Gasteiger partial charge in [0.25, 0.3) is 11.7 Å². The van der Waals surface area contributed by atoms with Crippen molar-refractivity contribution in [2.45, 2.75) is 25.8 Å². The van der Waals surface area contributed by atoms with E-state index in [4.69, 9.17) is 4.52 Å². The van der Waals surface area contributed by atoms with Crippen LogP contribution in [0.1, 0.15) is 41.0 Å². The summed E-state index contributed by atoms with van der Waals surface area (Å²) in [4.78, 5) is 16.3. The maximum absolute atomic E-state index is 12.2. The molecule has 2 heterocycles. The zero-order valence-electron chi connectivity index (χ0n) is 11.5. The normalized spacial score (nSPS) is 17.9. The molecular weight excluding hydrogens is 336 g/mol. The Hall–Kier alpha value is -1.73. The zero-order chi connectivity index (χ0) is 14.8. The van der Waals surface area contributed by atoms with Crippen LogP contribution in [0.2, 0.25) is 0 Å². The summed E-state index contributed by atoms with van der Waals surface area (Å²) in [6, 6.07) is 5.69. The van der Waals surface area contributed by atoms with E-state index < -0.39 is 0 Å². The molecule has 1 unspecified atom stereocenters. The van der Waals surface area contributed by atoms with E-state index in [1.165, 1.54) is 0 Å². The molecule has 110 valence electrons. The van der Waals surface area contributed by atoms with Gasteiger partial charge in [-0.05, 0) is 50.1 Å². The number of carbonyl (C=O) groups excluding carboxylic acids is 1. The number of amides is 1. The van der Waals surface area contributed by atoms with E-state index in [0.29, 0.717) is 5.89 Å². The fourth-order valence-corrected chi connectivity index (χ4v) is 2.79. The zero-order valence-corrected chi connectivity index (χ0v) is 13.1. The first-order valence-electron chi connectivity index (χ1n) is 6.78. The minimum Gasteiger partial charge on any atom is -0.337 e. The Morgan fingerprint density at radius 2 is 2.38 bits per heavy atom. The van der Waals surface area contributed by atoms with Gasteiger partial charge in [-0.15, -0.1) is 0 Å². The van der Waals surface area contributed by atoms with E-state index in [-0.39, 0.29) is 17.8 Å². The molecule has 21 heavy (non-hydrogen) atoms. The molecule has 0 bridgehead atoms. The van der Waals surface area contributed by atoms with E-state index in [0.717, 1.165) is 35.1 Å². The first kappa shape index (κ1) is 14.2. The Kier molecular flexibility index (Phi) is 4.03. The number of rotatable bonds is 3. The van der Waals surface area contributed by atoms with E-state index in [1.54, 1.807) is 0 Å². The fraction of sp³-hybridized carbons (Fsp3) is 0.357. The average Bonchev–Trinajstić information content (AvgIpc) is 3.10. The highest BCUT2D eigenvalue weighted by atomic mass is 79.9. The summed E-state index contributed by atoms with van der Waals surface area (Å²) < 4.78 is 6.13. The summed E-state index contributed by atoms with van der Waals surface area (Å²) in [5, 5.41) is 9.81. The molecule has 1 fully saturated rings. The lowest BCUT2D eigenvalue weighted by Gasteiger charge is -2.06. The average molecular weight is 351 g/mol. The minimum absolute atomic E-state index is 0.0565. The van der Waals surface area contributed by atoms with Crippen LogP contribution >= 0.6 is 15.9 Å². The number of halogens is 1. The number of anilines is 1. The van der Waals surface area contributed by atoms with Crippen LogP contribution < -0.4 is 10.6 Å². The monoisotopic (exact) mass is 350 g/mol. The Labute approximate surface area is 130 Å². The van der Waals surface area contributed by atoms with Gasteiger partial charge in [0.2, 0.25) is 5.89 Å². The van der Waals surface area contributed by atoms with Gasteiger partial charge in [0.05, 0.1) is 6.04 Å². The molecule has 1 aliphatic heterocycles. The lowest BCUT2D eigenvalue weighted by atomic mass is 10.2. The molecule has 1 aliphatic rings. The predicted octanol–water partition coefficient (Wildman–Crippen LogP) is 2.82. The third-order valence-electron chi connectivity index (χ3n) is 3.44. The molecule has 0 radical (unpaired) electrons. The van der Waals surface area contributed by atoms with Crippen molar-refractivity contribution >= 4 is 27.5 Å². The highest BCUT2D eigenvalue weighted by Gasteiger charge is 2.24. The second-order valence-corrected chi connectivity index (χ2v) is 5.93. The second-order valence-electron chi connectivity index (χ2n) is 5.02. The molecule has 1 aromatic heterocycles. The Balaban J connectivity index is 1.73. The molecule has 1 aromatic carbocycles. The third-order valence-corrected chi connectivity index (χ3v) is 3.93. The summed E-state index contributed by atoms with van der Waals surface area (Å²) in [6.45, 7) is 2.86. The van der Waals surface area contributed by atoms with Gasteiger partial charge >= 0.3 is 0 Å². The quantitative estimate of drug-likeness (QED) is 0.889. The Morgan fingerprint density at radius 1 is 1.52 bits per heavy atom. The molecule has 6 nitrogen and oxygen atoms in total. The highest BCUT2D eigenvalue weighted by molar-refractivity contribution is 9.10. The van der Waals surface area contributed by atoms with Crippen LogP contribution in [-0.4, -0.2) is 22.6 Å². The van der Waals surface area contributed by atoms with E-state index in [9.17, 15) is 4.79 Å². The topological polar surface area (TPSA) is 80.0 Å². The number of aromatic nitrogens is 2. The summed E-state index contributed by atoms with van der Waals surface area (Å²) in [6.07, 6.45) is 2.03. The molecule has 0 saturated carbocycles. The van der Waals surface area contributed by atoms with Gasteiger partial charge < -0.3 is 15.2 Å². The lowest BCUT2D eigenvalue weighted by molar-refractivity contribution is 0.101. The van der Waals surface area contributed by atoms with Crippen molar-refractivity contribution in [2.24, 2.45) is 0 Å². The maximum atomic E-state index is 12.2. The van der Waals surface area contributed by atoms with Gasteiger partial charge in [-0.3, -0.25) is 4.79 Å². The van der Waals surface area contributed by atoms with E-state index in [1.807, 2.05) is 25.1 Å². The van der Waals surface area contributed by atoms with Crippen molar-refractivity contribution < 1.29 is 9.32 Å². The van der Waals surface area contributed by atoms with Crippen LogP contribution in [0.3, 0.4) is 0 Å². The van der Waals surface area contributed by atoms with Crippen LogP contribution in [0.15, 0.2) is 27.2 Å². The molecule has 0 spiro atoms. The number of nitrogens with zero attached hydrogens (tertiary/aromatic N) is 2. The Morgan fingerprint density at radius 3 is 3.10 bits per heavy atom. The lowest BCUT2D eigenvalue weighted by Crippen LogP contribution is -2.16. The molecule has 0 aliphatic carbocycles. The smallest absolute Gasteiger partial charge is 0.297 e. The van der Waals surface area contributed by atoms with Crippen molar-refractivity contribution in [3.8, 4) is 0 Å². The van der Waals surface area contributed by atoms with Gasteiger partial charge in [0.1, 0.15) is 0 Å². The van der Waals surface area contributed by atoms with Crippen molar-refractivity contribution in [1.82, 2.24) is 15.5 Å². The van der Waals surface area contributed by atoms with E-state index in [2.05, 4.69) is 36.7 Å². The molecule has 1 atom stereocenters. The van der Waals surface area contributed by atoms with Gasteiger partial charge in [-0.25, -0.2) is 0 Å². The van der Waals surface area contributed by atoms with Crippen LogP contribution in [0.4, 0.5) is 5.69 Å². The first-order chi connectivity index (χ1) is 10.1. The number of hydrogen-bond donors (Lipinski definition) is 2. The summed E-state index contributed by atoms with van der Waals surface area (Å²) >= 11 is 3.39. The summed E-state index contributed by atoms with van der Waals surface area (Å²) in [5.74, 6) is 0.166. The standard InChI is InChI=1S/C14H15BrN4O2/c1-8-7-9(15)4-5-10(8)17-13(20)12-18-14(21-19-12)11-3-2-6-16-11/h4-5,7,11,16H,2-3,6H2,1H3,(H,17,20). The molecule has 3 rings (SSSR count). The number of carbonyl (C=O) groups is 1. The molecular formula is C14H15BrN4O2. The second kappa shape index (κ2) is 5.95. The minimum atomic E-state index is -0.367. The number of benzene rings is 1. The van der Waals surface area contributed by atoms with Crippen LogP contribution in [-0.2, 0) is 0 Å². The third kappa shape index (κ3) is 3.14. The first-order valence-corrected chi connectivity index (χ1v) is 7.57. The number of aryl methyl sites for hydroxylation is 1. The van der Waals surface area contributed by atoms with Crippen molar-refractivity contribution in [2.75, 3.05) is 11.9 Å². The van der Waals surface area contributed by atoms with Crippen LogP contribution in [0.5, 0.6) is 0 Å². The van der Waals surface area contributed by atoms with E-state index >= 15 is 0 Å². The molecule has 1 saturated heterocycles. The molecule has 2 N–H and O–H groups in total. The fourth-order valence-electron chi connectivity index (χ4n) is 2.31.